The number of rotatable bonds is 4. The van der Waals surface area contributed by atoms with Crippen LogP contribution in [0.25, 0.3) is 16.9 Å². The number of esters is 1. The van der Waals surface area contributed by atoms with Gasteiger partial charge in [-0.15, -0.1) is 0 Å². The number of halogens is 4. The van der Waals surface area contributed by atoms with Crippen LogP contribution in [0, 0.1) is 6.92 Å². The van der Waals surface area contributed by atoms with Crippen LogP contribution in [0.5, 0.6) is 0 Å². The van der Waals surface area contributed by atoms with Crippen molar-refractivity contribution in [1.82, 2.24) is 9.78 Å². The monoisotopic (exact) mass is 442 g/mol. The first-order chi connectivity index (χ1) is 12.8. The first-order valence-electron chi connectivity index (χ1n) is 8.01. The number of carbonyl (C=O) groups excluding carboxylic acids is 1. The third-order valence-corrected chi connectivity index (χ3v) is 5.00. The van der Waals surface area contributed by atoms with Gasteiger partial charge in [0.05, 0.1) is 28.0 Å². The molecule has 140 valence electrons. The Balaban J connectivity index is 2.31. The number of aromatic nitrogens is 2. The number of hydrogen-bond acceptors (Lipinski definition) is 3. The lowest BCUT2D eigenvalue weighted by Crippen LogP contribution is -2.08. The molecule has 0 fully saturated rings. The summed E-state index contributed by atoms with van der Waals surface area (Å²) in [6.07, 6.45) is 0. The van der Waals surface area contributed by atoms with Crippen molar-refractivity contribution in [3.05, 3.63) is 67.7 Å². The molecule has 0 aliphatic heterocycles. The molecule has 27 heavy (non-hydrogen) atoms. The van der Waals surface area contributed by atoms with Crippen molar-refractivity contribution in [3.8, 4) is 16.9 Å². The molecule has 2 aromatic carbocycles. The van der Waals surface area contributed by atoms with Crippen LogP contribution in [0.15, 0.2) is 36.4 Å². The van der Waals surface area contributed by atoms with Gasteiger partial charge in [-0.3, -0.25) is 0 Å². The summed E-state index contributed by atoms with van der Waals surface area (Å²) in [5.74, 6) is -0.523. The highest BCUT2D eigenvalue weighted by molar-refractivity contribution is 6.37. The van der Waals surface area contributed by atoms with Crippen LogP contribution in [0.4, 0.5) is 0 Å². The second-order valence-electron chi connectivity index (χ2n) is 5.67. The summed E-state index contributed by atoms with van der Waals surface area (Å²) in [5, 5.41) is 6.25. The van der Waals surface area contributed by atoms with Gasteiger partial charge in [0.15, 0.2) is 5.69 Å². The van der Waals surface area contributed by atoms with E-state index in [0.29, 0.717) is 42.6 Å². The second-order valence-corrected chi connectivity index (χ2v) is 7.36. The van der Waals surface area contributed by atoms with Gasteiger partial charge in [-0.05, 0) is 50.2 Å². The van der Waals surface area contributed by atoms with Crippen molar-refractivity contribution < 1.29 is 9.53 Å². The third kappa shape index (κ3) is 3.94. The molecule has 0 saturated carbocycles. The third-order valence-electron chi connectivity index (χ3n) is 3.92. The zero-order valence-corrected chi connectivity index (χ0v) is 17.4. The van der Waals surface area contributed by atoms with Crippen molar-refractivity contribution >= 4 is 52.4 Å². The van der Waals surface area contributed by atoms with Crippen molar-refractivity contribution in [1.29, 1.82) is 0 Å². The van der Waals surface area contributed by atoms with Gasteiger partial charge in [0.1, 0.15) is 0 Å². The topological polar surface area (TPSA) is 44.1 Å². The molecule has 0 amide bonds. The molecule has 0 bridgehead atoms. The van der Waals surface area contributed by atoms with Crippen LogP contribution in [-0.2, 0) is 4.74 Å². The summed E-state index contributed by atoms with van der Waals surface area (Å²) < 4.78 is 6.69. The van der Waals surface area contributed by atoms with E-state index in [9.17, 15) is 4.79 Å². The minimum Gasteiger partial charge on any atom is -0.461 e. The van der Waals surface area contributed by atoms with E-state index in [1.807, 2.05) is 0 Å². The van der Waals surface area contributed by atoms with E-state index >= 15 is 0 Å². The summed E-state index contributed by atoms with van der Waals surface area (Å²) >= 11 is 24.8. The quantitative estimate of drug-likeness (QED) is 0.424. The van der Waals surface area contributed by atoms with Crippen molar-refractivity contribution in [2.45, 2.75) is 13.8 Å². The average molecular weight is 444 g/mol. The van der Waals surface area contributed by atoms with Crippen LogP contribution in [0.3, 0.4) is 0 Å². The average Bonchev–Trinajstić information content (AvgIpc) is 2.92. The maximum Gasteiger partial charge on any atom is 0.359 e. The Morgan fingerprint density at radius 1 is 1.04 bits per heavy atom. The van der Waals surface area contributed by atoms with E-state index in [1.165, 1.54) is 0 Å². The van der Waals surface area contributed by atoms with E-state index < -0.39 is 5.97 Å². The predicted octanol–water partition coefficient (Wildman–Crippen LogP) is 6.64. The number of nitrogens with zero attached hydrogens (tertiary/aromatic N) is 2. The minimum atomic E-state index is -0.523. The summed E-state index contributed by atoms with van der Waals surface area (Å²) in [6.45, 7) is 3.75. The minimum absolute atomic E-state index is 0.184. The van der Waals surface area contributed by atoms with Crippen molar-refractivity contribution in [2.75, 3.05) is 6.61 Å². The van der Waals surface area contributed by atoms with Crippen LogP contribution >= 0.6 is 46.4 Å². The van der Waals surface area contributed by atoms with Gasteiger partial charge in [-0.1, -0.05) is 46.4 Å². The Hall–Kier alpha value is -1.72. The normalized spacial score (nSPS) is 10.9. The van der Waals surface area contributed by atoms with Gasteiger partial charge in [0.2, 0.25) is 0 Å². The van der Waals surface area contributed by atoms with Crippen LogP contribution < -0.4 is 0 Å². The van der Waals surface area contributed by atoms with Crippen LogP contribution in [0.1, 0.15) is 23.0 Å². The summed E-state index contributed by atoms with van der Waals surface area (Å²) in [5.41, 5.74) is 2.63. The van der Waals surface area contributed by atoms with Gasteiger partial charge in [0, 0.05) is 21.2 Å². The molecule has 0 aliphatic carbocycles. The van der Waals surface area contributed by atoms with Crippen LogP contribution in [-0.4, -0.2) is 22.4 Å². The van der Waals surface area contributed by atoms with E-state index in [1.54, 1.807) is 54.9 Å². The van der Waals surface area contributed by atoms with Crippen molar-refractivity contribution in [3.63, 3.8) is 0 Å². The summed E-state index contributed by atoms with van der Waals surface area (Å²) in [7, 11) is 0. The van der Waals surface area contributed by atoms with Gasteiger partial charge in [-0.2, -0.15) is 5.10 Å². The number of ether oxygens (including phenoxy) is 1. The Morgan fingerprint density at radius 3 is 2.26 bits per heavy atom. The summed E-state index contributed by atoms with van der Waals surface area (Å²) in [6, 6.07) is 10.1. The fraction of sp³-hybridized carbons (Fsp3) is 0.158. The molecule has 1 aromatic heterocycles. The molecule has 0 radical (unpaired) electrons. The number of carbonyl (C=O) groups is 1. The second kappa shape index (κ2) is 8.11. The highest BCUT2D eigenvalue weighted by atomic mass is 35.5. The predicted molar refractivity (Wildman–Crippen MR) is 110 cm³/mol. The highest BCUT2D eigenvalue weighted by Gasteiger charge is 2.25. The Kier molecular flexibility index (Phi) is 6.02. The Labute approximate surface area is 176 Å². The first-order valence-corrected chi connectivity index (χ1v) is 9.52. The fourth-order valence-electron chi connectivity index (χ4n) is 2.71. The van der Waals surface area contributed by atoms with E-state index in [-0.39, 0.29) is 12.3 Å². The lowest BCUT2D eigenvalue weighted by atomic mass is 10.1. The zero-order valence-electron chi connectivity index (χ0n) is 14.4. The van der Waals surface area contributed by atoms with E-state index in [2.05, 4.69) is 5.10 Å². The van der Waals surface area contributed by atoms with Gasteiger partial charge >= 0.3 is 5.97 Å². The molecule has 8 heteroatoms. The molecule has 0 unspecified atom stereocenters. The van der Waals surface area contributed by atoms with E-state index in [4.69, 9.17) is 51.1 Å². The Morgan fingerprint density at radius 2 is 1.67 bits per heavy atom. The molecular weight excluding hydrogens is 430 g/mol. The van der Waals surface area contributed by atoms with Gasteiger partial charge < -0.3 is 4.74 Å². The lowest BCUT2D eigenvalue weighted by Gasteiger charge is -2.12. The molecule has 3 aromatic rings. The number of hydrogen-bond donors (Lipinski definition) is 0. The molecule has 0 N–H and O–H groups in total. The zero-order chi connectivity index (χ0) is 19.7. The molecular formula is C19H14Cl4N2O2. The molecule has 3 rings (SSSR count). The summed E-state index contributed by atoms with van der Waals surface area (Å²) in [4.78, 5) is 12.4. The standard InChI is InChI=1S/C19H14Cl4N2O2/c1-3-27-19(26)17-10(2)18(13-6-4-11(20)8-14(13)22)25(24-17)16-7-5-12(21)9-15(16)23/h4-9H,3H2,1-2H3. The van der Waals surface area contributed by atoms with E-state index in [0.717, 1.165) is 0 Å². The molecule has 1 heterocycles. The fourth-order valence-corrected chi connectivity index (χ4v) is 3.70. The van der Waals surface area contributed by atoms with Gasteiger partial charge in [-0.25, -0.2) is 9.48 Å². The Bertz CT molecular complexity index is 1030. The molecule has 0 aliphatic rings. The first kappa shape index (κ1) is 20.0. The maximum atomic E-state index is 12.4. The molecule has 0 spiro atoms. The molecule has 0 atom stereocenters. The lowest BCUT2D eigenvalue weighted by molar-refractivity contribution is 0.0518. The number of benzene rings is 2. The van der Waals surface area contributed by atoms with Crippen LogP contribution in [0.2, 0.25) is 20.1 Å². The maximum absolute atomic E-state index is 12.4. The highest BCUT2D eigenvalue weighted by Crippen LogP contribution is 2.37. The largest absolute Gasteiger partial charge is 0.461 e. The molecule has 4 nitrogen and oxygen atoms in total. The SMILES string of the molecule is CCOC(=O)c1nn(-c2ccc(Cl)cc2Cl)c(-c2ccc(Cl)cc2Cl)c1C. The smallest absolute Gasteiger partial charge is 0.359 e. The molecule has 0 saturated heterocycles. The van der Waals surface area contributed by atoms with Crippen molar-refractivity contribution in [2.24, 2.45) is 0 Å². The van der Waals surface area contributed by atoms with Gasteiger partial charge in [0.25, 0.3) is 0 Å².